The molecule has 5 nitrogen and oxygen atoms in total. The molecule has 1 atom stereocenters. The summed E-state index contributed by atoms with van der Waals surface area (Å²) in [6, 6.07) is 9.27. The molecule has 0 amide bonds. The van der Waals surface area contributed by atoms with E-state index < -0.39 is 11.9 Å². The van der Waals surface area contributed by atoms with Crippen LogP contribution in [0.5, 0.6) is 0 Å². The number of carboxylic acids is 1. The Kier molecular flexibility index (Phi) is 4.28. The van der Waals surface area contributed by atoms with Crippen LogP contribution in [0.1, 0.15) is 30.5 Å². The van der Waals surface area contributed by atoms with Crippen molar-refractivity contribution in [2.24, 2.45) is 0 Å². The SMILES string of the molecule is CCCn1nncc1CC(C(=O)O)c1ccccc1. The van der Waals surface area contributed by atoms with Crippen LogP contribution >= 0.6 is 0 Å². The molecule has 1 N–H and O–H groups in total. The topological polar surface area (TPSA) is 68.0 Å². The Morgan fingerprint density at radius 2 is 2.11 bits per heavy atom. The van der Waals surface area contributed by atoms with Crippen LogP contribution in [0.2, 0.25) is 0 Å². The van der Waals surface area contributed by atoms with Gasteiger partial charge in [-0.2, -0.15) is 0 Å². The van der Waals surface area contributed by atoms with Gasteiger partial charge in [-0.3, -0.25) is 4.79 Å². The maximum atomic E-state index is 11.4. The first-order valence-electron chi connectivity index (χ1n) is 6.37. The monoisotopic (exact) mass is 259 g/mol. The normalized spacial score (nSPS) is 12.3. The molecule has 0 radical (unpaired) electrons. The van der Waals surface area contributed by atoms with Crippen molar-refractivity contribution in [2.45, 2.75) is 32.2 Å². The summed E-state index contributed by atoms with van der Waals surface area (Å²) in [6.07, 6.45) is 3.00. The third-order valence-electron chi connectivity index (χ3n) is 3.05. The first-order chi connectivity index (χ1) is 9.22. The Balaban J connectivity index is 2.22. The molecular formula is C14H17N3O2. The van der Waals surface area contributed by atoms with Gasteiger partial charge in [-0.25, -0.2) is 4.68 Å². The predicted octanol–water partition coefficient (Wildman–Crippen LogP) is 2.10. The minimum Gasteiger partial charge on any atom is -0.481 e. The smallest absolute Gasteiger partial charge is 0.311 e. The number of hydrogen-bond donors (Lipinski definition) is 1. The van der Waals surface area contributed by atoms with Crippen molar-refractivity contribution in [2.75, 3.05) is 0 Å². The minimum atomic E-state index is -0.824. The van der Waals surface area contributed by atoms with Gasteiger partial charge in [-0.05, 0) is 12.0 Å². The van der Waals surface area contributed by atoms with E-state index in [9.17, 15) is 9.90 Å². The molecule has 0 saturated carbocycles. The molecule has 0 spiro atoms. The van der Waals surface area contributed by atoms with Crippen molar-refractivity contribution >= 4 is 5.97 Å². The van der Waals surface area contributed by atoms with Crippen molar-refractivity contribution in [1.29, 1.82) is 0 Å². The largest absolute Gasteiger partial charge is 0.481 e. The van der Waals surface area contributed by atoms with Gasteiger partial charge in [0.1, 0.15) is 0 Å². The third kappa shape index (κ3) is 3.19. The standard InChI is InChI=1S/C14H17N3O2/c1-2-8-17-12(10-15-16-17)9-13(14(18)19)11-6-4-3-5-7-11/h3-7,10,13H,2,8-9H2,1H3,(H,18,19). The number of carbonyl (C=O) groups is 1. The molecule has 2 rings (SSSR count). The Labute approximate surface area is 111 Å². The second-order valence-corrected chi connectivity index (χ2v) is 4.45. The van der Waals surface area contributed by atoms with Gasteiger partial charge in [0.25, 0.3) is 0 Å². The molecule has 0 bridgehead atoms. The molecule has 0 saturated heterocycles. The van der Waals surface area contributed by atoms with Gasteiger partial charge in [0, 0.05) is 13.0 Å². The quantitative estimate of drug-likeness (QED) is 0.862. The van der Waals surface area contributed by atoms with Crippen LogP contribution in [0.4, 0.5) is 0 Å². The van der Waals surface area contributed by atoms with Crippen LogP contribution in [0.25, 0.3) is 0 Å². The fourth-order valence-electron chi connectivity index (χ4n) is 2.08. The third-order valence-corrected chi connectivity index (χ3v) is 3.05. The molecule has 1 aromatic heterocycles. The number of hydrogen-bond acceptors (Lipinski definition) is 3. The molecule has 0 fully saturated rings. The highest BCUT2D eigenvalue weighted by atomic mass is 16.4. The van der Waals surface area contributed by atoms with Gasteiger partial charge in [-0.1, -0.05) is 42.5 Å². The maximum Gasteiger partial charge on any atom is 0.311 e. The molecule has 0 aliphatic rings. The molecule has 0 aliphatic carbocycles. The minimum absolute atomic E-state index is 0.409. The zero-order chi connectivity index (χ0) is 13.7. The highest BCUT2D eigenvalue weighted by molar-refractivity contribution is 5.76. The molecule has 5 heteroatoms. The Morgan fingerprint density at radius 3 is 2.74 bits per heavy atom. The summed E-state index contributed by atoms with van der Waals surface area (Å²) in [4.78, 5) is 11.4. The highest BCUT2D eigenvalue weighted by Crippen LogP contribution is 2.20. The van der Waals surface area contributed by atoms with Crippen molar-refractivity contribution in [3.63, 3.8) is 0 Å². The average molecular weight is 259 g/mol. The second-order valence-electron chi connectivity index (χ2n) is 4.45. The van der Waals surface area contributed by atoms with Gasteiger partial charge >= 0.3 is 5.97 Å². The van der Waals surface area contributed by atoms with E-state index in [-0.39, 0.29) is 0 Å². The molecule has 2 aromatic rings. The molecule has 1 aromatic carbocycles. The summed E-state index contributed by atoms with van der Waals surface area (Å²) in [7, 11) is 0. The number of nitrogens with zero attached hydrogens (tertiary/aromatic N) is 3. The van der Waals surface area contributed by atoms with Crippen LogP contribution in [0.15, 0.2) is 36.5 Å². The van der Waals surface area contributed by atoms with E-state index in [1.54, 1.807) is 10.9 Å². The van der Waals surface area contributed by atoms with E-state index in [0.717, 1.165) is 24.2 Å². The van der Waals surface area contributed by atoms with Crippen LogP contribution in [0.3, 0.4) is 0 Å². The number of aliphatic carboxylic acids is 1. The van der Waals surface area contributed by atoms with E-state index in [1.165, 1.54) is 0 Å². The lowest BCUT2D eigenvalue weighted by atomic mass is 9.94. The lowest BCUT2D eigenvalue weighted by Gasteiger charge is -2.13. The van der Waals surface area contributed by atoms with E-state index in [1.807, 2.05) is 30.3 Å². The molecule has 0 aliphatic heterocycles. The van der Waals surface area contributed by atoms with Crippen molar-refractivity contribution in [3.8, 4) is 0 Å². The predicted molar refractivity (Wildman–Crippen MR) is 70.8 cm³/mol. The van der Waals surface area contributed by atoms with E-state index in [0.29, 0.717) is 6.42 Å². The number of benzene rings is 1. The summed E-state index contributed by atoms with van der Waals surface area (Å²) in [5, 5.41) is 17.2. The number of aromatic nitrogens is 3. The van der Waals surface area contributed by atoms with Gasteiger partial charge in [0.05, 0.1) is 17.8 Å². The zero-order valence-corrected chi connectivity index (χ0v) is 10.9. The summed E-state index contributed by atoms with van der Waals surface area (Å²) in [5.41, 5.74) is 1.66. The van der Waals surface area contributed by atoms with Gasteiger partial charge in [0.2, 0.25) is 0 Å². The summed E-state index contributed by atoms with van der Waals surface area (Å²) < 4.78 is 1.78. The molecule has 1 heterocycles. The fraction of sp³-hybridized carbons (Fsp3) is 0.357. The number of carboxylic acid groups (broad SMARTS) is 1. The Hall–Kier alpha value is -2.17. The number of aryl methyl sites for hydroxylation is 1. The van der Waals surface area contributed by atoms with Crippen LogP contribution in [-0.2, 0) is 17.8 Å². The van der Waals surface area contributed by atoms with Crippen LogP contribution < -0.4 is 0 Å². The first-order valence-corrected chi connectivity index (χ1v) is 6.37. The van der Waals surface area contributed by atoms with E-state index in [4.69, 9.17) is 0 Å². The van der Waals surface area contributed by atoms with Crippen molar-refractivity contribution < 1.29 is 9.90 Å². The summed E-state index contributed by atoms with van der Waals surface area (Å²) in [5.74, 6) is -1.38. The maximum absolute atomic E-state index is 11.4. The Bertz CT molecular complexity index is 537. The first kappa shape index (κ1) is 13.3. The summed E-state index contributed by atoms with van der Waals surface area (Å²) >= 11 is 0. The lowest BCUT2D eigenvalue weighted by Crippen LogP contribution is -2.17. The van der Waals surface area contributed by atoms with Gasteiger partial charge in [0.15, 0.2) is 0 Å². The van der Waals surface area contributed by atoms with Gasteiger partial charge in [-0.15, -0.1) is 5.10 Å². The van der Waals surface area contributed by atoms with Crippen molar-refractivity contribution in [3.05, 3.63) is 47.8 Å². The van der Waals surface area contributed by atoms with Crippen molar-refractivity contribution in [1.82, 2.24) is 15.0 Å². The van der Waals surface area contributed by atoms with Crippen LogP contribution in [0, 0.1) is 0 Å². The molecule has 1 unspecified atom stereocenters. The van der Waals surface area contributed by atoms with Gasteiger partial charge < -0.3 is 5.11 Å². The second kappa shape index (κ2) is 6.13. The fourth-order valence-corrected chi connectivity index (χ4v) is 2.08. The molecular weight excluding hydrogens is 242 g/mol. The zero-order valence-electron chi connectivity index (χ0n) is 10.9. The molecule has 19 heavy (non-hydrogen) atoms. The average Bonchev–Trinajstić information content (AvgIpc) is 2.84. The number of rotatable bonds is 6. The highest BCUT2D eigenvalue weighted by Gasteiger charge is 2.22. The Morgan fingerprint density at radius 1 is 1.37 bits per heavy atom. The lowest BCUT2D eigenvalue weighted by molar-refractivity contribution is -0.138. The van der Waals surface area contributed by atoms with E-state index in [2.05, 4.69) is 17.2 Å². The van der Waals surface area contributed by atoms with Crippen LogP contribution in [-0.4, -0.2) is 26.1 Å². The summed E-state index contributed by atoms with van der Waals surface area (Å²) in [6.45, 7) is 2.81. The molecule has 100 valence electrons. The van der Waals surface area contributed by atoms with E-state index >= 15 is 0 Å².